The van der Waals surface area contributed by atoms with Crippen LogP contribution in [0, 0.1) is 5.92 Å². The maximum absolute atomic E-state index is 13.1. The van der Waals surface area contributed by atoms with Gasteiger partial charge in [-0.15, -0.1) is 0 Å². The Hall–Kier alpha value is -1.88. The Kier molecular flexibility index (Phi) is 8.75. The minimum atomic E-state index is -3.69. The third kappa shape index (κ3) is 6.34. The number of nitrogens with zero attached hydrogens (tertiary/aromatic N) is 3. The lowest BCUT2D eigenvalue weighted by molar-refractivity contribution is -0.126. The van der Waals surface area contributed by atoms with Gasteiger partial charge in [0.25, 0.3) is 10.2 Å². The van der Waals surface area contributed by atoms with Crippen LogP contribution in [0.1, 0.15) is 25.3 Å². The van der Waals surface area contributed by atoms with Gasteiger partial charge in [0.2, 0.25) is 5.91 Å². The lowest BCUT2D eigenvalue weighted by Gasteiger charge is -2.38. The van der Waals surface area contributed by atoms with Crippen LogP contribution in [0.3, 0.4) is 0 Å². The van der Waals surface area contributed by atoms with Crippen LogP contribution in [0.5, 0.6) is 0 Å². The quantitative estimate of drug-likeness (QED) is 0.632. The highest BCUT2D eigenvalue weighted by molar-refractivity contribution is 7.86. The van der Waals surface area contributed by atoms with Crippen LogP contribution < -0.4 is 5.32 Å². The normalized spacial score (nSPS) is 20.7. The average molecular weight is 487 g/mol. The first-order valence-corrected chi connectivity index (χ1v) is 12.8. The van der Waals surface area contributed by atoms with E-state index in [4.69, 9.17) is 16.3 Å². The second kappa shape index (κ2) is 11.3. The Morgan fingerprint density at radius 3 is 2.44 bits per heavy atom. The molecule has 2 saturated heterocycles. The van der Waals surface area contributed by atoms with E-state index in [2.05, 4.69) is 5.32 Å². The summed E-state index contributed by atoms with van der Waals surface area (Å²) in [7, 11) is -3.69. The Balaban J connectivity index is 1.49. The molecule has 9 nitrogen and oxygen atoms in total. The second-order valence-corrected chi connectivity index (χ2v) is 10.3. The summed E-state index contributed by atoms with van der Waals surface area (Å²) in [5.74, 6) is -0.490. The first kappa shape index (κ1) is 24.8. The number of amides is 2. The van der Waals surface area contributed by atoms with Crippen molar-refractivity contribution in [2.24, 2.45) is 5.92 Å². The predicted molar refractivity (Wildman–Crippen MR) is 122 cm³/mol. The number of hydrogen-bond acceptors (Lipinski definition) is 5. The summed E-state index contributed by atoms with van der Waals surface area (Å²) in [6, 6.07) is 7.47. The molecule has 1 atom stereocenters. The van der Waals surface area contributed by atoms with E-state index in [0.717, 1.165) is 5.56 Å². The largest absolute Gasteiger partial charge is 0.450 e. The third-order valence-corrected chi connectivity index (χ3v) is 8.05. The van der Waals surface area contributed by atoms with Crippen molar-refractivity contribution in [1.82, 2.24) is 18.8 Å². The van der Waals surface area contributed by atoms with Gasteiger partial charge < -0.3 is 15.0 Å². The summed E-state index contributed by atoms with van der Waals surface area (Å²) in [5.41, 5.74) is 1.07. The van der Waals surface area contributed by atoms with Gasteiger partial charge in [0.1, 0.15) is 0 Å². The number of halogens is 1. The van der Waals surface area contributed by atoms with Gasteiger partial charge in [-0.1, -0.05) is 23.7 Å². The number of piperazine rings is 1. The van der Waals surface area contributed by atoms with Gasteiger partial charge in [0.15, 0.2) is 0 Å². The molecule has 2 fully saturated rings. The van der Waals surface area contributed by atoms with Gasteiger partial charge in [0, 0.05) is 50.8 Å². The molecule has 0 saturated carbocycles. The molecule has 2 amide bonds. The van der Waals surface area contributed by atoms with E-state index in [0.29, 0.717) is 50.5 Å². The van der Waals surface area contributed by atoms with Crippen LogP contribution in [0.25, 0.3) is 0 Å². The number of benzene rings is 1. The highest BCUT2D eigenvalue weighted by Crippen LogP contribution is 2.22. The third-order valence-electron chi connectivity index (χ3n) is 5.80. The predicted octanol–water partition coefficient (Wildman–Crippen LogP) is 1.73. The summed E-state index contributed by atoms with van der Waals surface area (Å²) in [4.78, 5) is 26.0. The Morgan fingerprint density at radius 2 is 1.78 bits per heavy atom. The zero-order valence-electron chi connectivity index (χ0n) is 18.3. The average Bonchev–Trinajstić information content (AvgIpc) is 2.80. The summed E-state index contributed by atoms with van der Waals surface area (Å²) in [6.45, 7) is 4.10. The molecule has 2 aliphatic rings. The van der Waals surface area contributed by atoms with E-state index < -0.39 is 16.3 Å². The van der Waals surface area contributed by atoms with Crippen molar-refractivity contribution in [3.63, 3.8) is 0 Å². The number of piperidine rings is 1. The summed E-state index contributed by atoms with van der Waals surface area (Å²) < 4.78 is 34.0. The van der Waals surface area contributed by atoms with Gasteiger partial charge in [-0.2, -0.15) is 17.0 Å². The molecule has 1 N–H and O–H groups in total. The van der Waals surface area contributed by atoms with Crippen molar-refractivity contribution in [2.75, 3.05) is 52.4 Å². The summed E-state index contributed by atoms with van der Waals surface area (Å²) >= 11 is 5.89. The van der Waals surface area contributed by atoms with Crippen LogP contribution in [-0.4, -0.2) is 86.3 Å². The molecule has 0 spiro atoms. The van der Waals surface area contributed by atoms with Crippen LogP contribution in [0.2, 0.25) is 5.02 Å². The molecule has 0 radical (unpaired) electrons. The van der Waals surface area contributed by atoms with Crippen molar-refractivity contribution in [1.29, 1.82) is 0 Å². The SMILES string of the molecule is CCOC(=O)N1CCN(S(=O)(=O)N2CCC[C@@H](C(=O)NCCc3ccc(Cl)cc3)C2)CC1. The zero-order chi connectivity index (χ0) is 23.1. The van der Waals surface area contributed by atoms with Gasteiger partial charge in [0.05, 0.1) is 12.5 Å². The smallest absolute Gasteiger partial charge is 0.409 e. The first-order chi connectivity index (χ1) is 15.3. The molecule has 2 heterocycles. The standard InChI is InChI=1S/C21H31ClN4O5S/c1-2-31-21(28)24-12-14-25(15-13-24)32(29,30)26-11-3-4-18(16-26)20(27)23-10-9-17-5-7-19(22)8-6-17/h5-8,18H,2-4,9-16H2,1H3,(H,23,27)/t18-/m1/s1. The number of hydrogen-bond donors (Lipinski definition) is 1. The van der Waals surface area contributed by atoms with Gasteiger partial charge >= 0.3 is 6.09 Å². The van der Waals surface area contributed by atoms with Crippen molar-refractivity contribution < 1.29 is 22.7 Å². The molecule has 32 heavy (non-hydrogen) atoms. The Labute approximate surface area is 194 Å². The van der Waals surface area contributed by atoms with E-state index >= 15 is 0 Å². The first-order valence-electron chi connectivity index (χ1n) is 11.0. The summed E-state index contributed by atoms with van der Waals surface area (Å²) in [6.07, 6.45) is 1.56. The lowest BCUT2D eigenvalue weighted by atomic mass is 9.99. The second-order valence-electron chi connectivity index (χ2n) is 7.96. The number of rotatable bonds is 7. The van der Waals surface area contributed by atoms with Crippen molar-refractivity contribution in [3.05, 3.63) is 34.9 Å². The van der Waals surface area contributed by atoms with Crippen LogP contribution in [-0.2, 0) is 26.2 Å². The fourth-order valence-electron chi connectivity index (χ4n) is 3.97. The number of nitrogens with one attached hydrogen (secondary N) is 1. The molecule has 0 bridgehead atoms. The molecular formula is C21H31ClN4O5S. The van der Waals surface area contributed by atoms with Crippen LogP contribution in [0.4, 0.5) is 4.79 Å². The molecule has 0 aliphatic carbocycles. The lowest BCUT2D eigenvalue weighted by Crippen LogP contribution is -2.56. The number of carbonyl (C=O) groups is 2. The van der Waals surface area contributed by atoms with E-state index in [9.17, 15) is 18.0 Å². The topological polar surface area (TPSA) is 99.3 Å². The number of ether oxygens (including phenoxy) is 1. The molecule has 11 heteroatoms. The van der Waals surface area contributed by atoms with Crippen molar-refractivity contribution in [3.8, 4) is 0 Å². The monoisotopic (exact) mass is 486 g/mol. The maximum atomic E-state index is 13.1. The van der Waals surface area contributed by atoms with Gasteiger partial charge in [-0.05, 0) is 43.9 Å². The van der Waals surface area contributed by atoms with Gasteiger partial charge in [-0.25, -0.2) is 4.79 Å². The summed E-state index contributed by atoms with van der Waals surface area (Å²) in [5, 5.41) is 3.60. The molecular weight excluding hydrogens is 456 g/mol. The molecule has 2 aliphatic heterocycles. The fraction of sp³-hybridized carbons (Fsp3) is 0.619. The van der Waals surface area contributed by atoms with E-state index in [1.165, 1.54) is 13.5 Å². The van der Waals surface area contributed by atoms with E-state index in [1.54, 1.807) is 6.92 Å². The molecule has 3 rings (SSSR count). The highest BCUT2D eigenvalue weighted by atomic mass is 35.5. The minimum absolute atomic E-state index is 0.119. The van der Waals surface area contributed by atoms with Crippen molar-refractivity contribution >= 4 is 33.8 Å². The van der Waals surface area contributed by atoms with Gasteiger partial charge in [-0.3, -0.25) is 4.79 Å². The Morgan fingerprint density at radius 1 is 1.09 bits per heavy atom. The zero-order valence-corrected chi connectivity index (χ0v) is 19.9. The van der Waals surface area contributed by atoms with Crippen LogP contribution in [0.15, 0.2) is 24.3 Å². The maximum Gasteiger partial charge on any atom is 0.409 e. The molecule has 1 aromatic carbocycles. The molecule has 1 aromatic rings. The minimum Gasteiger partial charge on any atom is -0.450 e. The Bertz CT molecular complexity index is 888. The number of carbonyl (C=O) groups excluding carboxylic acids is 2. The van der Waals surface area contributed by atoms with E-state index in [-0.39, 0.29) is 38.1 Å². The van der Waals surface area contributed by atoms with Crippen LogP contribution >= 0.6 is 11.6 Å². The molecule has 0 aromatic heterocycles. The van der Waals surface area contributed by atoms with Crippen molar-refractivity contribution in [2.45, 2.75) is 26.2 Å². The van der Waals surface area contributed by atoms with E-state index in [1.807, 2.05) is 24.3 Å². The fourth-order valence-corrected chi connectivity index (χ4v) is 5.78. The highest BCUT2D eigenvalue weighted by Gasteiger charge is 2.37. The molecule has 0 unspecified atom stereocenters. The molecule has 178 valence electrons.